The molecule has 0 spiro atoms. The third-order valence-corrected chi connectivity index (χ3v) is 3.45. The number of fused-ring (bicyclic) bond motifs is 1. The molecule has 1 aromatic carbocycles. The van der Waals surface area contributed by atoms with Crippen LogP contribution in [-0.4, -0.2) is 17.8 Å². The number of hydrogen-bond donors (Lipinski definition) is 0. The Morgan fingerprint density at radius 2 is 2.06 bits per heavy atom. The van der Waals surface area contributed by atoms with Crippen LogP contribution in [0.5, 0.6) is 0 Å². The van der Waals surface area contributed by atoms with Gasteiger partial charge in [0, 0.05) is 29.8 Å². The summed E-state index contributed by atoms with van der Waals surface area (Å²) >= 11 is 12.2. The van der Waals surface area contributed by atoms with Crippen molar-refractivity contribution in [1.29, 1.82) is 0 Å². The summed E-state index contributed by atoms with van der Waals surface area (Å²) < 4.78 is 7.69. The van der Waals surface area contributed by atoms with Gasteiger partial charge >= 0.3 is 0 Å². The first-order chi connectivity index (χ1) is 8.72. The third-order valence-electron chi connectivity index (χ3n) is 2.92. The molecule has 0 aliphatic heterocycles. The summed E-state index contributed by atoms with van der Waals surface area (Å²) in [5.41, 5.74) is 1.06. The summed E-state index contributed by atoms with van der Waals surface area (Å²) in [5.74, 6) is 0. The van der Waals surface area contributed by atoms with E-state index >= 15 is 0 Å². The van der Waals surface area contributed by atoms with Gasteiger partial charge < -0.3 is 9.30 Å². The van der Waals surface area contributed by atoms with Crippen LogP contribution in [-0.2, 0) is 11.3 Å². The number of rotatable bonds is 6. The van der Waals surface area contributed by atoms with Crippen LogP contribution in [0.1, 0.15) is 19.8 Å². The molecule has 1 aromatic heterocycles. The number of halogens is 2. The van der Waals surface area contributed by atoms with Crippen LogP contribution >= 0.6 is 23.2 Å². The Morgan fingerprint density at radius 1 is 1.22 bits per heavy atom. The number of unbranched alkanes of at least 4 members (excludes halogenated alkanes) is 1. The van der Waals surface area contributed by atoms with Gasteiger partial charge in [0.05, 0.1) is 17.1 Å². The zero-order valence-electron chi connectivity index (χ0n) is 10.5. The van der Waals surface area contributed by atoms with Gasteiger partial charge in [0.1, 0.15) is 0 Å². The molecule has 2 aromatic rings. The summed E-state index contributed by atoms with van der Waals surface area (Å²) in [6.45, 7) is 4.53. The molecule has 0 N–H and O–H groups in total. The second-order valence-corrected chi connectivity index (χ2v) is 5.14. The van der Waals surface area contributed by atoms with Crippen molar-refractivity contribution in [3.63, 3.8) is 0 Å². The maximum absolute atomic E-state index is 6.15. The van der Waals surface area contributed by atoms with Gasteiger partial charge in [0.15, 0.2) is 0 Å². The summed E-state index contributed by atoms with van der Waals surface area (Å²) in [6, 6.07) is 5.72. The van der Waals surface area contributed by atoms with E-state index in [0.717, 1.165) is 36.9 Å². The molecular formula is C14H17Cl2NO. The largest absolute Gasteiger partial charge is 0.380 e. The highest BCUT2D eigenvalue weighted by atomic mass is 35.5. The summed E-state index contributed by atoms with van der Waals surface area (Å²) in [4.78, 5) is 0. The molecule has 0 atom stereocenters. The Balaban J connectivity index is 2.05. The van der Waals surface area contributed by atoms with E-state index in [2.05, 4.69) is 11.5 Å². The normalized spacial score (nSPS) is 11.3. The van der Waals surface area contributed by atoms with E-state index in [1.807, 2.05) is 18.3 Å². The van der Waals surface area contributed by atoms with E-state index in [1.54, 1.807) is 6.07 Å². The molecule has 0 saturated heterocycles. The minimum absolute atomic E-state index is 0.666. The molecule has 2 nitrogen and oxygen atoms in total. The molecule has 0 fully saturated rings. The standard InChI is InChI=1S/C14H17Cl2NO/c1-2-3-7-18-8-6-17-5-4-12-13(16)9-11(15)10-14(12)17/h4-5,9-10H,2-3,6-8H2,1H3. The molecule has 0 radical (unpaired) electrons. The molecule has 0 saturated carbocycles. The van der Waals surface area contributed by atoms with Crippen LogP contribution in [0.3, 0.4) is 0 Å². The minimum atomic E-state index is 0.666. The van der Waals surface area contributed by atoms with Crippen LogP contribution in [0.15, 0.2) is 24.4 Å². The Labute approximate surface area is 117 Å². The van der Waals surface area contributed by atoms with Crippen molar-refractivity contribution in [2.75, 3.05) is 13.2 Å². The van der Waals surface area contributed by atoms with Crippen LogP contribution in [0.4, 0.5) is 0 Å². The zero-order chi connectivity index (χ0) is 13.0. The van der Waals surface area contributed by atoms with Crippen molar-refractivity contribution in [3.8, 4) is 0 Å². The Kier molecular flexibility index (Phi) is 4.93. The summed E-state index contributed by atoms with van der Waals surface area (Å²) in [6.07, 6.45) is 4.30. The van der Waals surface area contributed by atoms with Crippen molar-refractivity contribution < 1.29 is 4.74 Å². The molecule has 0 amide bonds. The molecule has 0 bridgehead atoms. The lowest BCUT2D eigenvalue weighted by atomic mass is 10.2. The topological polar surface area (TPSA) is 14.2 Å². The highest BCUT2D eigenvalue weighted by Gasteiger charge is 2.06. The molecular weight excluding hydrogens is 269 g/mol. The van der Waals surface area contributed by atoms with Crippen LogP contribution in [0.2, 0.25) is 10.0 Å². The van der Waals surface area contributed by atoms with Gasteiger partial charge in [-0.15, -0.1) is 0 Å². The third kappa shape index (κ3) is 3.19. The second kappa shape index (κ2) is 6.46. The molecule has 4 heteroatoms. The zero-order valence-corrected chi connectivity index (χ0v) is 12.0. The van der Waals surface area contributed by atoms with E-state index in [9.17, 15) is 0 Å². The minimum Gasteiger partial charge on any atom is -0.380 e. The number of nitrogens with zero attached hydrogens (tertiary/aromatic N) is 1. The summed E-state index contributed by atoms with van der Waals surface area (Å²) in [5, 5.41) is 2.40. The summed E-state index contributed by atoms with van der Waals surface area (Å²) in [7, 11) is 0. The number of benzene rings is 1. The van der Waals surface area contributed by atoms with E-state index in [0.29, 0.717) is 16.7 Å². The molecule has 0 unspecified atom stereocenters. The smallest absolute Gasteiger partial charge is 0.0645 e. The predicted molar refractivity (Wildman–Crippen MR) is 77.7 cm³/mol. The number of ether oxygens (including phenoxy) is 1. The first kappa shape index (κ1) is 13.7. The van der Waals surface area contributed by atoms with Gasteiger partial charge in [-0.05, 0) is 24.6 Å². The van der Waals surface area contributed by atoms with Crippen LogP contribution < -0.4 is 0 Å². The van der Waals surface area contributed by atoms with E-state index in [-0.39, 0.29) is 0 Å². The molecule has 2 rings (SSSR count). The quantitative estimate of drug-likeness (QED) is 0.698. The van der Waals surface area contributed by atoms with E-state index in [1.165, 1.54) is 0 Å². The van der Waals surface area contributed by atoms with Gasteiger partial charge in [0.25, 0.3) is 0 Å². The highest BCUT2D eigenvalue weighted by Crippen LogP contribution is 2.28. The van der Waals surface area contributed by atoms with Crippen molar-refractivity contribution >= 4 is 34.1 Å². The van der Waals surface area contributed by atoms with Crippen molar-refractivity contribution in [1.82, 2.24) is 4.57 Å². The van der Waals surface area contributed by atoms with Crippen LogP contribution in [0, 0.1) is 0 Å². The maximum atomic E-state index is 6.15. The van der Waals surface area contributed by atoms with Gasteiger partial charge in [-0.2, -0.15) is 0 Å². The Bertz CT molecular complexity index is 522. The highest BCUT2D eigenvalue weighted by molar-refractivity contribution is 6.38. The fourth-order valence-corrected chi connectivity index (χ4v) is 2.47. The maximum Gasteiger partial charge on any atom is 0.0645 e. The lowest BCUT2D eigenvalue weighted by molar-refractivity contribution is 0.124. The monoisotopic (exact) mass is 285 g/mol. The average Bonchev–Trinajstić information content (AvgIpc) is 2.72. The van der Waals surface area contributed by atoms with Gasteiger partial charge in [0.2, 0.25) is 0 Å². The van der Waals surface area contributed by atoms with Crippen molar-refractivity contribution in [2.45, 2.75) is 26.3 Å². The second-order valence-electron chi connectivity index (χ2n) is 4.30. The molecule has 18 heavy (non-hydrogen) atoms. The van der Waals surface area contributed by atoms with Gasteiger partial charge in [-0.1, -0.05) is 36.5 Å². The fraction of sp³-hybridized carbons (Fsp3) is 0.429. The van der Waals surface area contributed by atoms with Gasteiger partial charge in [-0.25, -0.2) is 0 Å². The lowest BCUT2D eigenvalue weighted by Crippen LogP contribution is -2.05. The number of aromatic nitrogens is 1. The SMILES string of the molecule is CCCCOCCn1ccc2c(Cl)cc(Cl)cc21. The Hall–Kier alpha value is -0.700. The fourth-order valence-electron chi connectivity index (χ4n) is 1.92. The van der Waals surface area contributed by atoms with E-state index in [4.69, 9.17) is 27.9 Å². The van der Waals surface area contributed by atoms with E-state index < -0.39 is 0 Å². The molecule has 0 aliphatic rings. The van der Waals surface area contributed by atoms with Crippen molar-refractivity contribution in [3.05, 3.63) is 34.4 Å². The molecule has 98 valence electrons. The van der Waals surface area contributed by atoms with Gasteiger partial charge in [-0.3, -0.25) is 0 Å². The number of hydrogen-bond acceptors (Lipinski definition) is 1. The first-order valence-electron chi connectivity index (χ1n) is 6.24. The van der Waals surface area contributed by atoms with Crippen molar-refractivity contribution in [2.24, 2.45) is 0 Å². The molecule has 1 heterocycles. The molecule has 0 aliphatic carbocycles. The Morgan fingerprint density at radius 3 is 2.83 bits per heavy atom. The predicted octanol–water partition coefficient (Wildman–Crippen LogP) is 4.76. The average molecular weight is 286 g/mol. The van der Waals surface area contributed by atoms with Crippen LogP contribution in [0.25, 0.3) is 10.9 Å². The lowest BCUT2D eigenvalue weighted by Gasteiger charge is -2.07. The first-order valence-corrected chi connectivity index (χ1v) is 6.99.